The van der Waals surface area contributed by atoms with E-state index >= 15 is 4.57 Å². The smallest absolute Gasteiger partial charge is 0.328 e. The van der Waals surface area contributed by atoms with Crippen molar-refractivity contribution in [2.75, 3.05) is 30.9 Å². The summed E-state index contributed by atoms with van der Waals surface area (Å²) >= 11 is 2.27. The summed E-state index contributed by atoms with van der Waals surface area (Å²) < 4.78 is 20.3. The highest BCUT2D eigenvalue weighted by molar-refractivity contribution is 8.14. The van der Waals surface area contributed by atoms with Crippen LogP contribution in [-0.2, 0) is 34.9 Å². The first-order valence-electron chi connectivity index (χ1n) is 18.0. The lowest BCUT2D eigenvalue weighted by molar-refractivity contribution is -0.145. The summed E-state index contributed by atoms with van der Waals surface area (Å²) in [6.45, 7) is 19.5. The van der Waals surface area contributed by atoms with E-state index in [2.05, 4.69) is 38.2 Å². The number of nitrogens with one attached hydrogen (secondary N) is 1. The molecule has 1 unspecified atom stereocenters. The Morgan fingerprint density at radius 3 is 1.75 bits per heavy atom. The van der Waals surface area contributed by atoms with Crippen LogP contribution < -0.4 is 5.32 Å². The van der Waals surface area contributed by atoms with Crippen molar-refractivity contribution in [1.82, 2.24) is 5.32 Å². The predicted octanol–water partition coefficient (Wildman–Crippen LogP) is 10.0. The number of hydrogen-bond acceptors (Lipinski definition) is 8. The molecule has 1 aromatic carbocycles. The summed E-state index contributed by atoms with van der Waals surface area (Å²) in [5.74, 6) is -0.488. The topological polar surface area (TPSA) is 107 Å². The lowest BCUT2D eigenvalue weighted by Crippen LogP contribution is -2.47. The van der Waals surface area contributed by atoms with Gasteiger partial charge in [-0.05, 0) is 65.4 Å². The second-order valence-corrected chi connectivity index (χ2v) is 21.2. The maximum absolute atomic E-state index is 15.2. The van der Waals surface area contributed by atoms with Gasteiger partial charge in [-0.1, -0.05) is 130 Å². The van der Waals surface area contributed by atoms with Crippen LogP contribution in [0.2, 0.25) is 0 Å². The van der Waals surface area contributed by atoms with Crippen molar-refractivity contribution in [3.05, 3.63) is 70.8 Å². The van der Waals surface area contributed by atoms with Gasteiger partial charge in [-0.25, -0.2) is 4.79 Å². The van der Waals surface area contributed by atoms with Crippen molar-refractivity contribution in [2.45, 2.75) is 119 Å². The van der Waals surface area contributed by atoms with Gasteiger partial charge in [0.25, 0.3) is 0 Å². The number of ether oxygens (including phenoxy) is 1. The quantitative estimate of drug-likeness (QED) is 0.0795. The fourth-order valence-corrected chi connectivity index (χ4v) is 11.3. The number of benzene rings is 1. The first-order chi connectivity index (χ1) is 23.7. The van der Waals surface area contributed by atoms with E-state index in [1.807, 2.05) is 84.9 Å². The fraction of sp³-hybridized carbons (Fsp3) is 0.610. The maximum atomic E-state index is 15.2. The van der Waals surface area contributed by atoms with Gasteiger partial charge in [0.15, 0.2) is 10.2 Å². The van der Waals surface area contributed by atoms with E-state index in [1.54, 1.807) is 0 Å². The van der Waals surface area contributed by atoms with Gasteiger partial charge in [-0.2, -0.15) is 0 Å². The molecule has 7 nitrogen and oxygen atoms in total. The first kappa shape index (κ1) is 46.7. The molecule has 0 bridgehead atoms. The van der Waals surface area contributed by atoms with Crippen LogP contribution in [0, 0.1) is 10.8 Å². The summed E-state index contributed by atoms with van der Waals surface area (Å²) in [7, 11) is -2.09. The number of esters is 1. The Kier molecular flexibility index (Phi) is 20.7. The molecule has 0 heterocycles. The Bertz CT molecular complexity index is 1400. The Labute approximate surface area is 317 Å². The van der Waals surface area contributed by atoms with Crippen molar-refractivity contribution in [3.63, 3.8) is 0 Å². The molecule has 1 aromatic rings. The average molecular weight is 762 g/mol. The van der Waals surface area contributed by atoms with Crippen LogP contribution in [0.1, 0.15) is 107 Å². The normalized spacial score (nSPS) is 14.0. The SMILES string of the molecule is COC(=O)[C@H](Cc1ccccc1)NC(=O)C(C/C=C(\C)CC/C=C(\C)CCC=C(C)C)P(=O)(CCSC(=O)C(C)(C)C)CCSC(=O)C(C)(C)C. The highest BCUT2D eigenvalue weighted by atomic mass is 32.2. The number of rotatable bonds is 20. The van der Waals surface area contributed by atoms with Gasteiger partial charge in [0.05, 0.1) is 12.8 Å². The van der Waals surface area contributed by atoms with Gasteiger partial charge in [0, 0.05) is 41.1 Å². The maximum Gasteiger partial charge on any atom is 0.328 e. The lowest BCUT2D eigenvalue weighted by atomic mass is 9.99. The van der Waals surface area contributed by atoms with Crippen molar-refractivity contribution in [2.24, 2.45) is 10.8 Å². The van der Waals surface area contributed by atoms with Crippen LogP contribution in [0.3, 0.4) is 0 Å². The predicted molar refractivity (Wildman–Crippen MR) is 219 cm³/mol. The molecule has 51 heavy (non-hydrogen) atoms. The molecule has 0 radical (unpaired) electrons. The molecule has 0 saturated heterocycles. The van der Waals surface area contributed by atoms with Crippen LogP contribution in [0.25, 0.3) is 0 Å². The molecule has 1 rings (SSSR count). The number of carbonyl (C=O) groups excluding carboxylic acids is 4. The molecule has 0 aliphatic rings. The molecule has 0 saturated carbocycles. The number of methoxy groups -OCH3 is 1. The third-order valence-electron chi connectivity index (χ3n) is 8.40. The lowest BCUT2D eigenvalue weighted by Gasteiger charge is -2.29. The Hall–Kier alpha value is -2.35. The molecule has 1 amide bonds. The molecule has 0 aliphatic heterocycles. The molecule has 10 heteroatoms. The molecule has 0 aliphatic carbocycles. The zero-order valence-corrected chi connectivity index (χ0v) is 35.6. The zero-order chi connectivity index (χ0) is 38.8. The van der Waals surface area contributed by atoms with Crippen molar-refractivity contribution in [3.8, 4) is 0 Å². The Morgan fingerprint density at radius 1 is 0.784 bits per heavy atom. The van der Waals surface area contributed by atoms with Gasteiger partial charge in [0.2, 0.25) is 5.91 Å². The van der Waals surface area contributed by atoms with Gasteiger partial charge >= 0.3 is 5.97 Å². The van der Waals surface area contributed by atoms with Crippen molar-refractivity contribution >= 4 is 52.8 Å². The van der Waals surface area contributed by atoms with E-state index in [-0.39, 0.29) is 35.4 Å². The van der Waals surface area contributed by atoms with Crippen molar-refractivity contribution < 1.29 is 28.5 Å². The third-order valence-corrected chi connectivity index (χ3v) is 15.1. The number of carbonyl (C=O) groups is 4. The van der Waals surface area contributed by atoms with Crippen molar-refractivity contribution in [1.29, 1.82) is 0 Å². The molecular weight excluding hydrogens is 698 g/mol. The summed E-state index contributed by atoms with van der Waals surface area (Å²) in [6, 6.07) is 8.39. The van der Waals surface area contributed by atoms with E-state index in [9.17, 15) is 19.2 Å². The largest absolute Gasteiger partial charge is 0.467 e. The number of hydrogen-bond donors (Lipinski definition) is 1. The van der Waals surface area contributed by atoms with E-state index in [0.717, 1.165) is 60.3 Å². The molecule has 0 aromatic heterocycles. The summed E-state index contributed by atoms with van der Waals surface area (Å²) in [5.41, 5.74) is 2.49. The number of thioether (sulfide) groups is 2. The summed E-state index contributed by atoms with van der Waals surface area (Å²) in [6.07, 6.45) is 10.9. The molecule has 2 atom stereocenters. The summed E-state index contributed by atoms with van der Waals surface area (Å²) in [5, 5.41) is 2.88. The molecule has 0 spiro atoms. The van der Waals surface area contributed by atoms with E-state index in [0.29, 0.717) is 11.5 Å². The van der Waals surface area contributed by atoms with Crippen LogP contribution in [0.5, 0.6) is 0 Å². The fourth-order valence-electron chi connectivity index (χ4n) is 5.06. The minimum Gasteiger partial charge on any atom is -0.467 e. The van der Waals surface area contributed by atoms with E-state index < -0.39 is 41.5 Å². The zero-order valence-electron chi connectivity index (χ0n) is 33.1. The second kappa shape index (κ2) is 22.7. The average Bonchev–Trinajstić information content (AvgIpc) is 3.03. The number of allylic oxidation sites excluding steroid dienone is 6. The van der Waals surface area contributed by atoms with E-state index in [1.165, 1.54) is 18.3 Å². The molecule has 286 valence electrons. The summed E-state index contributed by atoms with van der Waals surface area (Å²) in [4.78, 5) is 52.9. The highest BCUT2D eigenvalue weighted by Crippen LogP contribution is 2.53. The monoisotopic (exact) mass is 761 g/mol. The van der Waals surface area contributed by atoms with Crippen LogP contribution in [0.4, 0.5) is 0 Å². The second-order valence-electron chi connectivity index (χ2n) is 15.7. The van der Waals surface area contributed by atoms with Gasteiger partial charge in [-0.3, -0.25) is 14.4 Å². The molecule has 0 fully saturated rings. The van der Waals surface area contributed by atoms with Crippen LogP contribution in [0.15, 0.2) is 65.3 Å². The standard InChI is InChI=1S/C41H64NO6PS2/c1-30(2)17-15-18-31(3)19-16-20-32(4)23-24-35(36(43)42-34(37(44)48-11)29-33-21-13-12-14-22-33)49(47,25-27-50-38(45)40(5,6)7)26-28-51-39(46)41(8,9)10/h12-14,17,19,21-23,34-35H,15-16,18,20,24-29H2,1-11H3,(H,42,43)/b31-19+,32-23+/t34-,35?/m0/s1. The van der Waals surface area contributed by atoms with Gasteiger partial charge < -0.3 is 14.6 Å². The minimum atomic E-state index is -3.37. The van der Waals surface area contributed by atoms with Crippen LogP contribution in [-0.4, -0.2) is 64.7 Å². The molecule has 1 N–H and O–H groups in total. The minimum absolute atomic E-state index is 0.0131. The van der Waals surface area contributed by atoms with E-state index in [4.69, 9.17) is 4.74 Å². The number of amides is 1. The van der Waals surface area contributed by atoms with Gasteiger partial charge in [0.1, 0.15) is 13.2 Å². The first-order valence-corrected chi connectivity index (χ1v) is 22.1. The highest BCUT2D eigenvalue weighted by Gasteiger charge is 2.39. The molecular formula is C41H64NO6PS2. The third kappa shape index (κ3) is 18.8. The van der Waals surface area contributed by atoms with Crippen LogP contribution >= 0.6 is 30.7 Å². The Morgan fingerprint density at radius 2 is 1.27 bits per heavy atom. The van der Waals surface area contributed by atoms with Gasteiger partial charge in [-0.15, -0.1) is 0 Å². The Balaban J connectivity index is 3.46.